The van der Waals surface area contributed by atoms with Crippen molar-refractivity contribution in [2.75, 3.05) is 18.5 Å². The van der Waals surface area contributed by atoms with Gasteiger partial charge in [0, 0.05) is 43.1 Å². The van der Waals surface area contributed by atoms with Gasteiger partial charge in [-0.3, -0.25) is 4.98 Å². The van der Waals surface area contributed by atoms with Crippen molar-refractivity contribution in [3.05, 3.63) is 47.3 Å². The predicted molar refractivity (Wildman–Crippen MR) is 141 cm³/mol. The third-order valence-electron chi connectivity index (χ3n) is 6.92. The molecule has 3 aromatic heterocycles. The second-order valence-corrected chi connectivity index (χ2v) is 12.1. The van der Waals surface area contributed by atoms with E-state index in [9.17, 15) is 8.42 Å². The molecule has 2 fully saturated rings. The van der Waals surface area contributed by atoms with Gasteiger partial charge in [-0.25, -0.2) is 22.8 Å². The van der Waals surface area contributed by atoms with Crippen LogP contribution < -0.4 is 10.0 Å². The highest BCUT2D eigenvalue weighted by Gasteiger charge is 2.36. The molecule has 1 aromatic carbocycles. The number of hydrogen-bond acceptors (Lipinski definition) is 8. The molecule has 0 bridgehead atoms. The number of ether oxygens (including phenoxy) is 1. The number of fused-ring (bicyclic) bond motifs is 2. The van der Waals surface area contributed by atoms with Crippen molar-refractivity contribution in [2.24, 2.45) is 0 Å². The lowest BCUT2D eigenvalue weighted by Crippen LogP contribution is -2.43. The largest absolute Gasteiger partial charge is 0.381 e. The quantitative estimate of drug-likeness (QED) is 0.360. The Morgan fingerprint density at radius 2 is 1.92 bits per heavy atom. The van der Waals surface area contributed by atoms with E-state index < -0.39 is 15.3 Å². The first kappa shape index (κ1) is 23.7. The minimum Gasteiger partial charge on any atom is -0.381 e. The lowest BCUT2D eigenvalue weighted by molar-refractivity contribution is 0.0831. The van der Waals surface area contributed by atoms with Gasteiger partial charge in [-0.05, 0) is 72.3 Å². The Kier molecular flexibility index (Phi) is 6.36. The van der Waals surface area contributed by atoms with E-state index in [1.54, 1.807) is 17.1 Å². The van der Waals surface area contributed by atoms with Gasteiger partial charge in [0.2, 0.25) is 16.0 Å². The van der Waals surface area contributed by atoms with Crippen molar-refractivity contribution < 1.29 is 13.2 Å². The van der Waals surface area contributed by atoms with Crippen LogP contribution in [0.4, 0.5) is 5.95 Å². The zero-order valence-electron chi connectivity index (χ0n) is 19.5. The smallest absolute Gasteiger partial charge is 0.224 e. The fraction of sp³-hybridized carbons (Fsp3) is 0.417. The van der Waals surface area contributed by atoms with Crippen LogP contribution in [0.1, 0.15) is 32.1 Å². The number of nitrogens with zero attached hydrogens (tertiary/aromatic N) is 5. The lowest BCUT2D eigenvalue weighted by atomic mass is 10.1. The molecule has 12 heteroatoms. The number of pyridine rings is 1. The summed E-state index contributed by atoms with van der Waals surface area (Å²) in [6.07, 6.45) is 6.80. The van der Waals surface area contributed by atoms with Crippen molar-refractivity contribution in [1.29, 1.82) is 0 Å². The zero-order chi connectivity index (χ0) is 24.7. The standard InChI is InChI=1S/C24H26BrN7O3S/c25-22-20-14-27-24(28-17-3-5-19(13-17)36(33,34)31-16-7-10-35-11-8-16)29-23(20)32(30-22)18-4-6-21-15(12-18)2-1-9-26-21/h1-2,4,6,9,12,14,16-17,19,31H,3,5,7-8,10-11,13H2,(H,27,28,29)/t17-,19-/m1/s1. The molecule has 1 aliphatic carbocycles. The lowest BCUT2D eigenvalue weighted by Gasteiger charge is -2.24. The Morgan fingerprint density at radius 1 is 1.06 bits per heavy atom. The van der Waals surface area contributed by atoms with E-state index in [0.717, 1.165) is 41.2 Å². The Balaban J connectivity index is 1.21. The number of halogens is 1. The minimum atomic E-state index is -3.39. The van der Waals surface area contributed by atoms with Gasteiger partial charge >= 0.3 is 0 Å². The van der Waals surface area contributed by atoms with E-state index in [-0.39, 0.29) is 12.1 Å². The van der Waals surface area contributed by atoms with E-state index in [2.05, 4.69) is 41.0 Å². The molecule has 10 nitrogen and oxygen atoms in total. The van der Waals surface area contributed by atoms with Gasteiger partial charge in [0.15, 0.2) is 5.65 Å². The Morgan fingerprint density at radius 3 is 2.78 bits per heavy atom. The molecule has 2 atom stereocenters. The number of rotatable bonds is 6. The summed E-state index contributed by atoms with van der Waals surface area (Å²) in [5, 5.41) is 9.36. The van der Waals surface area contributed by atoms with Crippen LogP contribution in [0.5, 0.6) is 0 Å². The molecule has 0 amide bonds. The fourth-order valence-corrected chi connectivity index (χ4v) is 7.26. The summed E-state index contributed by atoms with van der Waals surface area (Å²) in [5.74, 6) is 0.457. The van der Waals surface area contributed by atoms with E-state index in [0.29, 0.717) is 42.3 Å². The van der Waals surface area contributed by atoms with Gasteiger partial charge in [0.25, 0.3) is 0 Å². The van der Waals surface area contributed by atoms with Crippen LogP contribution in [0.25, 0.3) is 27.6 Å². The Labute approximate surface area is 217 Å². The molecule has 1 aliphatic heterocycles. The minimum absolute atomic E-state index is 0.0229. The molecule has 4 aromatic rings. The maximum atomic E-state index is 12.9. The molecular formula is C24H26BrN7O3S. The predicted octanol–water partition coefficient (Wildman–Crippen LogP) is 3.56. The van der Waals surface area contributed by atoms with E-state index in [1.807, 2.05) is 30.3 Å². The second-order valence-electron chi connectivity index (χ2n) is 9.34. The molecule has 1 saturated carbocycles. The maximum Gasteiger partial charge on any atom is 0.224 e. The highest BCUT2D eigenvalue weighted by atomic mass is 79.9. The summed E-state index contributed by atoms with van der Waals surface area (Å²) in [4.78, 5) is 13.6. The topological polar surface area (TPSA) is 124 Å². The van der Waals surface area contributed by atoms with Crippen molar-refractivity contribution in [2.45, 2.75) is 49.4 Å². The van der Waals surface area contributed by atoms with Crippen LogP contribution in [0.2, 0.25) is 0 Å². The number of benzene rings is 1. The first-order valence-corrected chi connectivity index (χ1v) is 14.4. The number of anilines is 1. The maximum absolute atomic E-state index is 12.9. The van der Waals surface area contributed by atoms with Crippen LogP contribution >= 0.6 is 15.9 Å². The van der Waals surface area contributed by atoms with Crippen molar-refractivity contribution >= 4 is 53.8 Å². The summed E-state index contributed by atoms with van der Waals surface area (Å²) in [6, 6.07) is 9.80. The average molecular weight is 572 g/mol. The van der Waals surface area contributed by atoms with E-state index >= 15 is 0 Å². The van der Waals surface area contributed by atoms with Gasteiger partial charge in [0.1, 0.15) is 4.60 Å². The molecule has 0 radical (unpaired) electrons. The molecule has 188 valence electrons. The fourth-order valence-electron chi connectivity index (χ4n) is 4.99. The van der Waals surface area contributed by atoms with Crippen molar-refractivity contribution in [3.63, 3.8) is 0 Å². The molecule has 4 heterocycles. The highest BCUT2D eigenvalue weighted by Crippen LogP contribution is 2.30. The molecular weight excluding hydrogens is 546 g/mol. The van der Waals surface area contributed by atoms with Gasteiger partial charge in [0.05, 0.1) is 21.8 Å². The van der Waals surface area contributed by atoms with Gasteiger partial charge in [-0.15, -0.1) is 0 Å². The second kappa shape index (κ2) is 9.66. The zero-order valence-corrected chi connectivity index (χ0v) is 21.9. The first-order chi connectivity index (χ1) is 17.5. The van der Waals surface area contributed by atoms with Crippen molar-refractivity contribution in [1.82, 2.24) is 29.5 Å². The molecule has 1 saturated heterocycles. The van der Waals surface area contributed by atoms with Crippen molar-refractivity contribution in [3.8, 4) is 5.69 Å². The number of nitrogens with one attached hydrogen (secondary N) is 2. The summed E-state index contributed by atoms with van der Waals surface area (Å²) in [5.41, 5.74) is 2.43. The Hall–Kier alpha value is -2.67. The Bertz CT molecular complexity index is 1520. The third-order valence-corrected chi connectivity index (χ3v) is 9.47. The third kappa shape index (κ3) is 4.70. The van der Waals surface area contributed by atoms with Crippen LogP contribution in [0.3, 0.4) is 0 Å². The van der Waals surface area contributed by atoms with Crippen LogP contribution in [-0.4, -0.2) is 63.7 Å². The first-order valence-electron chi connectivity index (χ1n) is 12.1. The molecule has 36 heavy (non-hydrogen) atoms. The monoisotopic (exact) mass is 571 g/mol. The number of hydrogen-bond donors (Lipinski definition) is 2. The molecule has 0 spiro atoms. The molecule has 2 aliphatic rings. The van der Waals surface area contributed by atoms with E-state index in [1.165, 1.54) is 0 Å². The summed E-state index contributed by atoms with van der Waals surface area (Å²) in [6.45, 7) is 1.20. The van der Waals surface area contributed by atoms with E-state index in [4.69, 9.17) is 9.72 Å². The van der Waals surface area contributed by atoms with Crippen LogP contribution in [0, 0.1) is 0 Å². The van der Waals surface area contributed by atoms with Crippen LogP contribution in [-0.2, 0) is 14.8 Å². The van der Waals surface area contributed by atoms with Gasteiger partial charge in [-0.1, -0.05) is 6.07 Å². The average Bonchev–Trinajstić information content (AvgIpc) is 3.49. The number of aromatic nitrogens is 5. The van der Waals surface area contributed by atoms with Gasteiger partial charge in [-0.2, -0.15) is 10.1 Å². The molecule has 2 N–H and O–H groups in total. The molecule has 6 rings (SSSR count). The number of sulfonamides is 1. The van der Waals surface area contributed by atoms with Gasteiger partial charge < -0.3 is 10.1 Å². The molecule has 0 unspecified atom stereocenters. The highest BCUT2D eigenvalue weighted by molar-refractivity contribution is 9.10. The normalized spacial score (nSPS) is 21.4. The summed E-state index contributed by atoms with van der Waals surface area (Å²) >= 11 is 3.52. The summed E-state index contributed by atoms with van der Waals surface area (Å²) < 4.78 is 36.5. The van der Waals surface area contributed by atoms with Crippen LogP contribution in [0.15, 0.2) is 47.3 Å². The SMILES string of the molecule is O=S(=O)(NC1CCOCC1)[C@@H]1CC[C@@H](Nc2ncc3c(Br)nn(-c4ccc5ncccc5c4)c3n2)C1. The summed E-state index contributed by atoms with van der Waals surface area (Å²) in [7, 11) is -3.39.